The van der Waals surface area contributed by atoms with Crippen LogP contribution in [-0.4, -0.2) is 17.9 Å². The number of amides is 2. The van der Waals surface area contributed by atoms with E-state index in [1.165, 1.54) is 0 Å². The Kier molecular flexibility index (Phi) is 3.23. The van der Waals surface area contributed by atoms with Gasteiger partial charge in [-0.3, -0.25) is 9.59 Å². The molecule has 1 aromatic rings. The molecule has 2 N–H and O–H groups in total. The predicted molar refractivity (Wildman–Crippen MR) is 66.3 cm³/mol. The smallest absolute Gasteiger partial charge is 0.251 e. The summed E-state index contributed by atoms with van der Waals surface area (Å²) in [6.45, 7) is 1.75. The molecule has 0 spiro atoms. The molecule has 1 aliphatic heterocycles. The minimum Gasteiger partial charge on any atom is -0.341 e. The van der Waals surface area contributed by atoms with E-state index in [1.807, 2.05) is 30.3 Å². The van der Waals surface area contributed by atoms with E-state index >= 15 is 0 Å². The highest BCUT2D eigenvalue weighted by molar-refractivity contribution is 6.01. The zero-order valence-corrected chi connectivity index (χ0v) is 9.57. The highest BCUT2D eigenvalue weighted by atomic mass is 16.2. The van der Waals surface area contributed by atoms with Gasteiger partial charge < -0.3 is 10.6 Å². The summed E-state index contributed by atoms with van der Waals surface area (Å²) in [4.78, 5) is 23.1. The van der Waals surface area contributed by atoms with Crippen molar-refractivity contribution < 1.29 is 9.59 Å². The van der Waals surface area contributed by atoms with Crippen LogP contribution in [0.3, 0.4) is 0 Å². The molecule has 0 aliphatic carbocycles. The van der Waals surface area contributed by atoms with Crippen LogP contribution in [0.25, 0.3) is 6.08 Å². The number of fused-ring (bicyclic) bond motifs is 1. The number of carbonyl (C=O) groups is 2. The normalized spacial score (nSPS) is 17.9. The average Bonchev–Trinajstić information content (AvgIpc) is 2.49. The van der Waals surface area contributed by atoms with Crippen LogP contribution in [0.1, 0.15) is 18.9 Å². The van der Waals surface area contributed by atoms with Gasteiger partial charge in [0.25, 0.3) is 5.91 Å². The Hall–Kier alpha value is -2.10. The summed E-state index contributed by atoms with van der Waals surface area (Å²) in [5, 5.41) is 5.44. The lowest BCUT2D eigenvalue weighted by Gasteiger charge is -2.12. The van der Waals surface area contributed by atoms with Crippen molar-refractivity contribution in [2.75, 3.05) is 5.32 Å². The Morgan fingerprint density at radius 3 is 2.94 bits per heavy atom. The molecule has 17 heavy (non-hydrogen) atoms. The molecule has 1 aromatic carbocycles. The van der Waals surface area contributed by atoms with E-state index < -0.39 is 6.04 Å². The third-order valence-corrected chi connectivity index (χ3v) is 2.61. The lowest BCUT2D eigenvalue weighted by molar-refractivity contribution is -0.125. The molecule has 0 saturated carbocycles. The van der Waals surface area contributed by atoms with Crippen LogP contribution >= 0.6 is 0 Å². The molecule has 88 valence electrons. The van der Waals surface area contributed by atoms with E-state index in [2.05, 4.69) is 10.6 Å². The first-order chi connectivity index (χ1) is 8.20. The molecule has 1 aliphatic rings. The molecular weight excluding hydrogens is 216 g/mol. The predicted octanol–water partition coefficient (Wildman–Crippen LogP) is 1.55. The highest BCUT2D eigenvalue weighted by Gasteiger charge is 2.20. The Balaban J connectivity index is 2.21. The van der Waals surface area contributed by atoms with Crippen LogP contribution in [0.2, 0.25) is 0 Å². The number of carbonyl (C=O) groups excluding carboxylic acids is 2. The van der Waals surface area contributed by atoms with Crippen LogP contribution < -0.4 is 10.6 Å². The van der Waals surface area contributed by atoms with Crippen LogP contribution in [0.15, 0.2) is 30.3 Å². The topological polar surface area (TPSA) is 58.2 Å². The average molecular weight is 230 g/mol. The van der Waals surface area contributed by atoms with Crippen LogP contribution in [0.5, 0.6) is 0 Å². The maximum Gasteiger partial charge on any atom is 0.251 e. The van der Waals surface area contributed by atoms with Gasteiger partial charge >= 0.3 is 0 Å². The van der Waals surface area contributed by atoms with Gasteiger partial charge in [-0.05, 0) is 11.6 Å². The van der Waals surface area contributed by atoms with Crippen molar-refractivity contribution >= 4 is 23.6 Å². The quantitative estimate of drug-likeness (QED) is 0.809. The van der Waals surface area contributed by atoms with Gasteiger partial charge in [0, 0.05) is 12.1 Å². The van der Waals surface area contributed by atoms with E-state index in [0.29, 0.717) is 6.42 Å². The standard InChI is InChI=1S/C13H14N2O2/c1-2-12(16)14-11-8-7-9-5-3-4-6-10(9)15-13(11)17/h3-8,11H,2H2,1H3,(H,14,16)(H,15,17)/t11-/m1/s1. The second-order valence-electron chi connectivity index (χ2n) is 3.83. The first-order valence-corrected chi connectivity index (χ1v) is 5.58. The van der Waals surface area contributed by atoms with Crippen LogP contribution in [0.4, 0.5) is 5.69 Å². The Bertz CT molecular complexity index is 480. The van der Waals surface area contributed by atoms with Crippen molar-refractivity contribution in [3.8, 4) is 0 Å². The largest absolute Gasteiger partial charge is 0.341 e. The summed E-state index contributed by atoms with van der Waals surface area (Å²) < 4.78 is 0. The minimum absolute atomic E-state index is 0.138. The lowest BCUT2D eigenvalue weighted by Crippen LogP contribution is -2.41. The zero-order valence-electron chi connectivity index (χ0n) is 9.57. The summed E-state index contributed by atoms with van der Waals surface area (Å²) in [6.07, 6.45) is 3.91. The Labute approximate surface area is 99.7 Å². The van der Waals surface area contributed by atoms with Crippen molar-refractivity contribution in [1.82, 2.24) is 5.32 Å². The molecule has 2 rings (SSSR count). The minimum atomic E-state index is -0.602. The SMILES string of the molecule is CCC(=O)N[C@@H]1C=Cc2ccccc2NC1=O. The molecule has 1 atom stereocenters. The molecule has 0 saturated heterocycles. The van der Waals surface area contributed by atoms with E-state index in [9.17, 15) is 9.59 Å². The second kappa shape index (κ2) is 4.82. The summed E-state index contributed by atoms with van der Waals surface area (Å²) >= 11 is 0. The number of hydrogen-bond donors (Lipinski definition) is 2. The van der Waals surface area contributed by atoms with Crippen molar-refractivity contribution in [3.63, 3.8) is 0 Å². The van der Waals surface area contributed by atoms with Gasteiger partial charge in [-0.1, -0.05) is 37.3 Å². The molecule has 0 radical (unpaired) electrons. The summed E-state index contributed by atoms with van der Waals surface area (Å²) in [6, 6.07) is 6.91. The number of para-hydroxylation sites is 1. The number of rotatable bonds is 2. The molecule has 1 heterocycles. The highest BCUT2D eigenvalue weighted by Crippen LogP contribution is 2.19. The maximum absolute atomic E-state index is 11.9. The fourth-order valence-corrected chi connectivity index (χ4v) is 1.64. The Morgan fingerprint density at radius 1 is 1.41 bits per heavy atom. The molecule has 0 aromatic heterocycles. The number of anilines is 1. The van der Waals surface area contributed by atoms with Crippen LogP contribution in [-0.2, 0) is 9.59 Å². The van der Waals surface area contributed by atoms with Gasteiger partial charge in [-0.2, -0.15) is 0 Å². The van der Waals surface area contributed by atoms with Crippen molar-refractivity contribution in [1.29, 1.82) is 0 Å². The first kappa shape index (κ1) is 11.4. The number of nitrogens with one attached hydrogen (secondary N) is 2. The summed E-state index contributed by atoms with van der Waals surface area (Å²) in [7, 11) is 0. The molecule has 2 amide bonds. The van der Waals surface area contributed by atoms with E-state index in [0.717, 1.165) is 11.3 Å². The summed E-state index contributed by atoms with van der Waals surface area (Å²) in [5.41, 5.74) is 1.70. The number of hydrogen-bond acceptors (Lipinski definition) is 2. The van der Waals surface area contributed by atoms with Crippen molar-refractivity contribution in [3.05, 3.63) is 35.9 Å². The van der Waals surface area contributed by atoms with Crippen molar-refractivity contribution in [2.45, 2.75) is 19.4 Å². The van der Waals surface area contributed by atoms with Crippen molar-refractivity contribution in [2.24, 2.45) is 0 Å². The molecule has 4 nitrogen and oxygen atoms in total. The first-order valence-electron chi connectivity index (χ1n) is 5.58. The lowest BCUT2D eigenvalue weighted by atomic mass is 10.1. The summed E-state index contributed by atoms with van der Waals surface area (Å²) in [5.74, 6) is -0.353. The molecular formula is C13H14N2O2. The fourth-order valence-electron chi connectivity index (χ4n) is 1.64. The van der Waals surface area contributed by atoms with Crippen LogP contribution in [0, 0.1) is 0 Å². The van der Waals surface area contributed by atoms with E-state index in [4.69, 9.17) is 0 Å². The monoisotopic (exact) mass is 230 g/mol. The Morgan fingerprint density at radius 2 is 2.18 bits per heavy atom. The van der Waals surface area contributed by atoms with E-state index in [1.54, 1.807) is 13.0 Å². The molecule has 0 fully saturated rings. The molecule has 0 bridgehead atoms. The van der Waals surface area contributed by atoms with Gasteiger partial charge in [0.05, 0.1) is 0 Å². The van der Waals surface area contributed by atoms with Gasteiger partial charge in [-0.15, -0.1) is 0 Å². The van der Waals surface area contributed by atoms with Gasteiger partial charge in [0.15, 0.2) is 0 Å². The number of benzene rings is 1. The second-order valence-corrected chi connectivity index (χ2v) is 3.83. The fraction of sp³-hybridized carbons (Fsp3) is 0.231. The zero-order chi connectivity index (χ0) is 12.3. The maximum atomic E-state index is 11.9. The van der Waals surface area contributed by atoms with Gasteiger partial charge in [-0.25, -0.2) is 0 Å². The van der Waals surface area contributed by atoms with Gasteiger partial charge in [0.2, 0.25) is 5.91 Å². The van der Waals surface area contributed by atoms with E-state index in [-0.39, 0.29) is 11.8 Å². The van der Waals surface area contributed by atoms with Gasteiger partial charge in [0.1, 0.15) is 6.04 Å². The molecule has 4 heteroatoms. The molecule has 0 unspecified atom stereocenters. The third kappa shape index (κ3) is 2.53. The third-order valence-electron chi connectivity index (χ3n) is 2.61.